The maximum Gasteiger partial charge on any atom is 0.305 e. The molecule has 0 radical (unpaired) electrons. The second-order valence-corrected chi connectivity index (χ2v) is 6.45. The maximum atomic E-state index is 12.7. The monoisotopic (exact) mass is 368 g/mol. The Hall–Kier alpha value is -3.42. The largest absolute Gasteiger partial charge is 0.481 e. The molecule has 1 aromatic heterocycles. The van der Waals surface area contributed by atoms with E-state index in [9.17, 15) is 14.4 Å². The van der Waals surface area contributed by atoms with Crippen LogP contribution in [0.3, 0.4) is 0 Å². The molecule has 3 rings (SSSR count). The Kier molecular flexibility index (Phi) is 5.35. The number of hydrogen-bond acceptors (Lipinski definition) is 5. The third-order valence-electron chi connectivity index (χ3n) is 4.46. The van der Waals surface area contributed by atoms with E-state index in [2.05, 4.69) is 10.3 Å². The normalized spacial score (nSPS) is 17.6. The van der Waals surface area contributed by atoms with E-state index >= 15 is 0 Å². The number of nitrogens with zero attached hydrogens (tertiary/aromatic N) is 2. The highest BCUT2D eigenvalue weighted by molar-refractivity contribution is 6.00. The third-order valence-corrected chi connectivity index (χ3v) is 4.46. The standard InChI is InChI=1S/C19H20N4O4/c20-14-4-1-5-15(8-14)23-11-13(7-17(23)24)19(27)22-16(9-18(25)26)12-3-2-6-21-10-12/h1-6,8,10,13,16H,7,9,11,20H2,(H,22,27)(H,25,26). The Morgan fingerprint density at radius 3 is 2.81 bits per heavy atom. The van der Waals surface area contributed by atoms with Gasteiger partial charge in [0.05, 0.1) is 18.4 Å². The van der Waals surface area contributed by atoms with Gasteiger partial charge in [-0.25, -0.2) is 0 Å². The van der Waals surface area contributed by atoms with Gasteiger partial charge in [0.2, 0.25) is 11.8 Å². The Balaban J connectivity index is 1.71. The van der Waals surface area contributed by atoms with Crippen molar-refractivity contribution in [3.8, 4) is 0 Å². The number of aromatic nitrogens is 1. The van der Waals surface area contributed by atoms with Gasteiger partial charge in [-0.05, 0) is 29.8 Å². The van der Waals surface area contributed by atoms with Gasteiger partial charge in [0, 0.05) is 36.7 Å². The van der Waals surface area contributed by atoms with Crippen LogP contribution in [0.2, 0.25) is 0 Å². The van der Waals surface area contributed by atoms with Crippen molar-refractivity contribution in [1.29, 1.82) is 0 Å². The summed E-state index contributed by atoms with van der Waals surface area (Å²) in [6.07, 6.45) is 2.89. The molecule has 0 saturated carbocycles. The van der Waals surface area contributed by atoms with Crippen LogP contribution in [-0.2, 0) is 14.4 Å². The molecule has 1 aromatic carbocycles. The lowest BCUT2D eigenvalue weighted by Crippen LogP contribution is -2.36. The molecule has 2 heterocycles. The SMILES string of the molecule is Nc1cccc(N2CC(C(=O)NC(CC(=O)O)c3cccnc3)CC2=O)c1. The van der Waals surface area contributed by atoms with Crippen molar-refractivity contribution in [3.05, 3.63) is 54.4 Å². The zero-order valence-electron chi connectivity index (χ0n) is 14.5. The van der Waals surface area contributed by atoms with Crippen LogP contribution in [0.1, 0.15) is 24.4 Å². The van der Waals surface area contributed by atoms with E-state index in [4.69, 9.17) is 10.8 Å². The number of carboxylic acids is 1. The quantitative estimate of drug-likeness (QED) is 0.661. The molecule has 2 unspecified atom stereocenters. The van der Waals surface area contributed by atoms with Crippen LogP contribution in [-0.4, -0.2) is 34.4 Å². The van der Waals surface area contributed by atoms with Crippen LogP contribution in [0.15, 0.2) is 48.8 Å². The molecule has 27 heavy (non-hydrogen) atoms. The summed E-state index contributed by atoms with van der Waals surface area (Å²) in [5.41, 5.74) is 7.54. The fraction of sp³-hybridized carbons (Fsp3) is 0.263. The highest BCUT2D eigenvalue weighted by Gasteiger charge is 2.36. The van der Waals surface area contributed by atoms with E-state index in [0.717, 1.165) is 0 Å². The van der Waals surface area contributed by atoms with E-state index in [-0.39, 0.29) is 31.2 Å². The molecule has 140 valence electrons. The summed E-state index contributed by atoms with van der Waals surface area (Å²) in [5.74, 6) is -2.12. The smallest absolute Gasteiger partial charge is 0.305 e. The lowest BCUT2D eigenvalue weighted by atomic mass is 10.0. The van der Waals surface area contributed by atoms with Crippen LogP contribution < -0.4 is 16.0 Å². The lowest BCUT2D eigenvalue weighted by molar-refractivity contribution is -0.138. The minimum atomic E-state index is -1.03. The van der Waals surface area contributed by atoms with Gasteiger partial charge in [-0.2, -0.15) is 0 Å². The van der Waals surface area contributed by atoms with Crippen molar-refractivity contribution in [2.24, 2.45) is 5.92 Å². The number of aliphatic carboxylic acids is 1. The summed E-state index contributed by atoms with van der Waals surface area (Å²) in [6, 6.07) is 9.59. The van der Waals surface area contributed by atoms with Gasteiger partial charge in [-0.15, -0.1) is 0 Å². The molecule has 8 heteroatoms. The molecular formula is C19H20N4O4. The van der Waals surface area contributed by atoms with Gasteiger partial charge in [0.15, 0.2) is 0 Å². The van der Waals surface area contributed by atoms with Gasteiger partial charge in [-0.1, -0.05) is 12.1 Å². The molecule has 8 nitrogen and oxygen atoms in total. The number of anilines is 2. The second kappa shape index (κ2) is 7.86. The van der Waals surface area contributed by atoms with Crippen molar-refractivity contribution < 1.29 is 19.5 Å². The van der Waals surface area contributed by atoms with Gasteiger partial charge < -0.3 is 21.1 Å². The number of nitrogens with one attached hydrogen (secondary N) is 1. The number of nitrogens with two attached hydrogens (primary N) is 1. The topological polar surface area (TPSA) is 126 Å². The van der Waals surface area contributed by atoms with E-state index < -0.39 is 17.9 Å². The molecule has 2 atom stereocenters. The fourth-order valence-electron chi connectivity index (χ4n) is 3.12. The molecule has 1 aliphatic heterocycles. The van der Waals surface area contributed by atoms with E-state index in [1.807, 2.05) is 0 Å². The molecule has 4 N–H and O–H groups in total. The third kappa shape index (κ3) is 4.41. The first-order chi connectivity index (χ1) is 12.9. The number of carbonyl (C=O) groups excluding carboxylic acids is 2. The number of pyridine rings is 1. The lowest BCUT2D eigenvalue weighted by Gasteiger charge is -2.20. The Morgan fingerprint density at radius 1 is 1.33 bits per heavy atom. The molecule has 0 spiro atoms. The van der Waals surface area contributed by atoms with Gasteiger partial charge in [0.1, 0.15) is 0 Å². The molecule has 2 amide bonds. The number of carboxylic acid groups (broad SMARTS) is 1. The molecule has 2 aromatic rings. The van der Waals surface area contributed by atoms with Crippen molar-refractivity contribution in [3.63, 3.8) is 0 Å². The Morgan fingerprint density at radius 2 is 2.15 bits per heavy atom. The average molecular weight is 368 g/mol. The van der Waals surface area contributed by atoms with Crippen LogP contribution >= 0.6 is 0 Å². The van der Waals surface area contributed by atoms with Crippen molar-refractivity contribution in [2.75, 3.05) is 17.2 Å². The number of hydrogen-bond donors (Lipinski definition) is 3. The minimum absolute atomic E-state index is 0.0630. The molecule has 1 aliphatic rings. The maximum absolute atomic E-state index is 12.7. The summed E-state index contributed by atoms with van der Waals surface area (Å²) in [4.78, 5) is 41.7. The van der Waals surface area contributed by atoms with Crippen LogP contribution in [0, 0.1) is 5.92 Å². The Labute approximate surface area is 156 Å². The zero-order valence-corrected chi connectivity index (χ0v) is 14.5. The first-order valence-corrected chi connectivity index (χ1v) is 8.52. The summed E-state index contributed by atoms with van der Waals surface area (Å²) in [5, 5.41) is 11.9. The molecule has 1 saturated heterocycles. The zero-order chi connectivity index (χ0) is 19.4. The number of nitrogen functional groups attached to an aromatic ring is 1. The fourth-order valence-corrected chi connectivity index (χ4v) is 3.12. The molecule has 0 bridgehead atoms. The summed E-state index contributed by atoms with van der Waals surface area (Å²) < 4.78 is 0. The van der Waals surface area contributed by atoms with E-state index in [0.29, 0.717) is 16.9 Å². The van der Waals surface area contributed by atoms with Gasteiger partial charge in [-0.3, -0.25) is 19.4 Å². The van der Waals surface area contributed by atoms with Crippen LogP contribution in [0.25, 0.3) is 0 Å². The molecule has 0 aliphatic carbocycles. The number of amides is 2. The van der Waals surface area contributed by atoms with Crippen molar-refractivity contribution in [2.45, 2.75) is 18.9 Å². The Bertz CT molecular complexity index is 856. The first kappa shape index (κ1) is 18.4. The van der Waals surface area contributed by atoms with E-state index in [1.54, 1.807) is 42.6 Å². The summed E-state index contributed by atoms with van der Waals surface area (Å²) in [7, 11) is 0. The second-order valence-electron chi connectivity index (χ2n) is 6.45. The van der Waals surface area contributed by atoms with Gasteiger partial charge >= 0.3 is 5.97 Å². The van der Waals surface area contributed by atoms with Crippen LogP contribution in [0.5, 0.6) is 0 Å². The number of carbonyl (C=O) groups is 3. The van der Waals surface area contributed by atoms with Crippen molar-refractivity contribution >= 4 is 29.2 Å². The summed E-state index contributed by atoms with van der Waals surface area (Å²) >= 11 is 0. The van der Waals surface area contributed by atoms with Crippen molar-refractivity contribution in [1.82, 2.24) is 10.3 Å². The highest BCUT2D eigenvalue weighted by Crippen LogP contribution is 2.27. The highest BCUT2D eigenvalue weighted by atomic mass is 16.4. The molecular weight excluding hydrogens is 348 g/mol. The number of benzene rings is 1. The van der Waals surface area contributed by atoms with Gasteiger partial charge in [0.25, 0.3) is 0 Å². The predicted octanol–water partition coefficient (Wildman–Crippen LogP) is 1.35. The predicted molar refractivity (Wildman–Crippen MR) is 98.7 cm³/mol. The molecule has 1 fully saturated rings. The number of rotatable bonds is 6. The van der Waals surface area contributed by atoms with Crippen LogP contribution in [0.4, 0.5) is 11.4 Å². The first-order valence-electron chi connectivity index (χ1n) is 8.52. The average Bonchev–Trinajstić information content (AvgIpc) is 3.03. The van der Waals surface area contributed by atoms with E-state index in [1.165, 1.54) is 11.1 Å². The minimum Gasteiger partial charge on any atom is -0.481 e. The summed E-state index contributed by atoms with van der Waals surface area (Å²) in [6.45, 7) is 0.223.